The van der Waals surface area contributed by atoms with E-state index in [9.17, 15) is 9.90 Å². The van der Waals surface area contributed by atoms with Crippen molar-refractivity contribution in [3.05, 3.63) is 11.5 Å². The van der Waals surface area contributed by atoms with Crippen LogP contribution in [0.15, 0.2) is 11.5 Å². The molecule has 6 heteroatoms. The van der Waals surface area contributed by atoms with Gasteiger partial charge in [-0.3, -0.25) is 0 Å². The standard InChI is InChI=1S/C8H10O6/c1-3-12-2-4(13-3)7-5(9)6(10)8(11)14-7/h3-4,7,9-10H,2H2,1H3. The fourth-order valence-electron chi connectivity index (χ4n) is 1.43. The first kappa shape index (κ1) is 9.29. The summed E-state index contributed by atoms with van der Waals surface area (Å²) in [5.41, 5.74) is 0. The van der Waals surface area contributed by atoms with Crippen LogP contribution < -0.4 is 0 Å². The number of aliphatic hydroxyl groups excluding tert-OH is 2. The highest BCUT2D eigenvalue weighted by atomic mass is 16.7. The minimum Gasteiger partial charge on any atom is -0.505 e. The Hall–Kier alpha value is -1.27. The van der Waals surface area contributed by atoms with E-state index >= 15 is 0 Å². The van der Waals surface area contributed by atoms with Crippen LogP contribution in [0.2, 0.25) is 0 Å². The first-order valence-corrected chi connectivity index (χ1v) is 4.19. The van der Waals surface area contributed by atoms with Gasteiger partial charge in [-0.25, -0.2) is 4.79 Å². The molecule has 0 aromatic heterocycles. The number of esters is 1. The molecule has 0 amide bonds. The van der Waals surface area contributed by atoms with Crippen LogP contribution in [-0.4, -0.2) is 41.3 Å². The number of rotatable bonds is 1. The molecule has 2 aliphatic heterocycles. The lowest BCUT2D eigenvalue weighted by Crippen LogP contribution is -2.30. The molecule has 14 heavy (non-hydrogen) atoms. The Morgan fingerprint density at radius 3 is 2.57 bits per heavy atom. The molecule has 0 aromatic rings. The van der Waals surface area contributed by atoms with Crippen molar-refractivity contribution in [3.8, 4) is 0 Å². The number of carbonyl (C=O) groups is 1. The number of aliphatic hydroxyl groups is 2. The summed E-state index contributed by atoms with van der Waals surface area (Å²) in [6, 6.07) is 0. The van der Waals surface area contributed by atoms with Crippen LogP contribution in [0.3, 0.4) is 0 Å². The molecule has 78 valence electrons. The third-order valence-corrected chi connectivity index (χ3v) is 2.14. The highest BCUT2D eigenvalue weighted by Crippen LogP contribution is 2.26. The Morgan fingerprint density at radius 1 is 1.43 bits per heavy atom. The molecule has 0 bridgehead atoms. The summed E-state index contributed by atoms with van der Waals surface area (Å²) in [7, 11) is 0. The van der Waals surface area contributed by atoms with Crippen molar-refractivity contribution in [1.29, 1.82) is 0 Å². The average Bonchev–Trinajstić information content (AvgIpc) is 2.66. The van der Waals surface area contributed by atoms with E-state index in [0.717, 1.165) is 0 Å². The van der Waals surface area contributed by atoms with Gasteiger partial charge in [0.1, 0.15) is 6.10 Å². The third-order valence-electron chi connectivity index (χ3n) is 2.14. The van der Waals surface area contributed by atoms with Crippen molar-refractivity contribution in [2.75, 3.05) is 6.61 Å². The van der Waals surface area contributed by atoms with Crippen LogP contribution in [0.4, 0.5) is 0 Å². The Bertz CT molecular complexity index is 296. The molecular formula is C8H10O6. The van der Waals surface area contributed by atoms with Gasteiger partial charge < -0.3 is 24.4 Å². The zero-order chi connectivity index (χ0) is 10.3. The highest BCUT2D eigenvalue weighted by Gasteiger charge is 2.43. The molecule has 3 unspecified atom stereocenters. The summed E-state index contributed by atoms with van der Waals surface area (Å²) in [4.78, 5) is 10.8. The van der Waals surface area contributed by atoms with Crippen LogP contribution in [0.5, 0.6) is 0 Å². The molecule has 1 fully saturated rings. The average molecular weight is 202 g/mol. The van der Waals surface area contributed by atoms with E-state index in [2.05, 4.69) is 0 Å². The maximum Gasteiger partial charge on any atom is 0.377 e. The molecule has 1 saturated heterocycles. The smallest absolute Gasteiger partial charge is 0.377 e. The Morgan fingerprint density at radius 2 is 2.14 bits per heavy atom. The molecule has 3 atom stereocenters. The molecule has 0 aromatic carbocycles. The minimum absolute atomic E-state index is 0.219. The van der Waals surface area contributed by atoms with Crippen molar-refractivity contribution in [2.24, 2.45) is 0 Å². The Labute approximate surface area is 79.7 Å². The largest absolute Gasteiger partial charge is 0.505 e. The molecular weight excluding hydrogens is 192 g/mol. The molecule has 0 spiro atoms. The van der Waals surface area contributed by atoms with E-state index in [1.54, 1.807) is 6.92 Å². The molecule has 2 aliphatic rings. The first-order valence-electron chi connectivity index (χ1n) is 4.19. The summed E-state index contributed by atoms with van der Waals surface area (Å²) in [5, 5.41) is 18.3. The SMILES string of the molecule is CC1OCC(C2OC(=O)C(O)=C2O)O1. The lowest BCUT2D eigenvalue weighted by atomic mass is 10.2. The van der Waals surface area contributed by atoms with Crippen molar-refractivity contribution in [1.82, 2.24) is 0 Å². The first-order chi connectivity index (χ1) is 6.59. The number of hydrogen-bond donors (Lipinski definition) is 2. The van der Waals surface area contributed by atoms with Crippen LogP contribution in [0, 0.1) is 0 Å². The molecule has 0 radical (unpaired) electrons. The molecule has 0 saturated carbocycles. The molecule has 2 N–H and O–H groups in total. The van der Waals surface area contributed by atoms with Crippen LogP contribution >= 0.6 is 0 Å². The second-order valence-electron chi connectivity index (χ2n) is 3.14. The second-order valence-corrected chi connectivity index (χ2v) is 3.14. The van der Waals surface area contributed by atoms with Gasteiger partial charge in [0.25, 0.3) is 0 Å². The van der Waals surface area contributed by atoms with Crippen molar-refractivity contribution < 1.29 is 29.2 Å². The monoisotopic (exact) mass is 202 g/mol. The molecule has 2 rings (SSSR count). The number of ether oxygens (including phenoxy) is 3. The van der Waals surface area contributed by atoms with Crippen LogP contribution in [0.1, 0.15) is 6.92 Å². The minimum atomic E-state index is -0.951. The fourth-order valence-corrected chi connectivity index (χ4v) is 1.43. The number of carbonyl (C=O) groups excluding carboxylic acids is 1. The van der Waals surface area contributed by atoms with E-state index in [4.69, 9.17) is 19.3 Å². The quantitative estimate of drug-likeness (QED) is 0.582. The maximum atomic E-state index is 10.8. The van der Waals surface area contributed by atoms with Crippen LogP contribution in [-0.2, 0) is 19.0 Å². The van der Waals surface area contributed by atoms with Gasteiger partial charge >= 0.3 is 5.97 Å². The summed E-state index contributed by atoms with van der Waals surface area (Å²) in [5.74, 6) is -2.17. The van der Waals surface area contributed by atoms with Gasteiger partial charge in [0.15, 0.2) is 18.2 Å². The van der Waals surface area contributed by atoms with Gasteiger partial charge in [0.2, 0.25) is 5.76 Å². The zero-order valence-corrected chi connectivity index (χ0v) is 7.47. The number of cyclic esters (lactones) is 1. The molecule has 2 heterocycles. The second kappa shape index (κ2) is 3.14. The van der Waals surface area contributed by atoms with E-state index in [1.807, 2.05) is 0 Å². The summed E-state index contributed by atoms with van der Waals surface area (Å²) < 4.78 is 15.0. The van der Waals surface area contributed by atoms with Gasteiger partial charge in [0, 0.05) is 0 Å². The molecule has 0 aliphatic carbocycles. The topological polar surface area (TPSA) is 85.2 Å². The van der Waals surface area contributed by atoms with Gasteiger partial charge in [0.05, 0.1) is 6.61 Å². The predicted molar refractivity (Wildman–Crippen MR) is 42.5 cm³/mol. The van der Waals surface area contributed by atoms with Gasteiger partial charge in [-0.05, 0) is 6.92 Å². The summed E-state index contributed by atoms with van der Waals surface area (Å²) in [6.07, 6.45) is -1.90. The van der Waals surface area contributed by atoms with Gasteiger partial charge in [-0.1, -0.05) is 0 Å². The third kappa shape index (κ3) is 1.32. The summed E-state index contributed by atoms with van der Waals surface area (Å²) >= 11 is 0. The van der Waals surface area contributed by atoms with Gasteiger partial charge in [-0.2, -0.15) is 0 Å². The lowest BCUT2D eigenvalue weighted by molar-refractivity contribution is -0.148. The zero-order valence-electron chi connectivity index (χ0n) is 7.47. The van der Waals surface area contributed by atoms with Crippen LogP contribution in [0.25, 0.3) is 0 Å². The van der Waals surface area contributed by atoms with E-state index in [-0.39, 0.29) is 6.61 Å². The van der Waals surface area contributed by atoms with Crippen molar-refractivity contribution in [2.45, 2.75) is 25.4 Å². The normalized spacial score (nSPS) is 37.8. The van der Waals surface area contributed by atoms with Crippen molar-refractivity contribution in [3.63, 3.8) is 0 Å². The van der Waals surface area contributed by atoms with E-state index in [0.29, 0.717) is 0 Å². The van der Waals surface area contributed by atoms with E-state index in [1.165, 1.54) is 0 Å². The molecule has 6 nitrogen and oxygen atoms in total. The Balaban J connectivity index is 2.11. The highest BCUT2D eigenvalue weighted by molar-refractivity contribution is 5.89. The van der Waals surface area contributed by atoms with Gasteiger partial charge in [-0.15, -0.1) is 0 Å². The Kier molecular flexibility index (Phi) is 2.09. The van der Waals surface area contributed by atoms with E-state index < -0.39 is 36.0 Å². The fraction of sp³-hybridized carbons (Fsp3) is 0.625. The van der Waals surface area contributed by atoms with Crippen molar-refractivity contribution >= 4 is 5.97 Å². The maximum absolute atomic E-state index is 10.8. The summed E-state index contributed by atoms with van der Waals surface area (Å²) in [6.45, 7) is 1.91. The lowest BCUT2D eigenvalue weighted by Gasteiger charge is -2.15. The number of hydrogen-bond acceptors (Lipinski definition) is 6. The predicted octanol–water partition coefficient (Wildman–Crippen LogP) is 0.000800.